The van der Waals surface area contributed by atoms with E-state index >= 15 is 0 Å². The van der Waals surface area contributed by atoms with Crippen LogP contribution in [0.3, 0.4) is 0 Å². The fourth-order valence-corrected chi connectivity index (χ4v) is 3.42. The zero-order chi connectivity index (χ0) is 19.1. The highest BCUT2D eigenvalue weighted by Crippen LogP contribution is 2.22. The van der Waals surface area contributed by atoms with Crippen molar-refractivity contribution in [2.45, 2.75) is 32.9 Å². The minimum absolute atomic E-state index is 0.0456. The molecule has 1 aromatic carbocycles. The molecule has 2 amide bonds. The molecule has 27 heavy (non-hydrogen) atoms. The zero-order valence-corrected chi connectivity index (χ0v) is 15.7. The summed E-state index contributed by atoms with van der Waals surface area (Å²) >= 11 is 0. The number of nitrogens with zero attached hydrogens (tertiary/aromatic N) is 2. The Kier molecular flexibility index (Phi) is 6.52. The fourth-order valence-electron chi connectivity index (χ4n) is 3.42. The minimum Gasteiger partial charge on any atom is -0.467 e. The average Bonchev–Trinajstić information content (AvgIpc) is 3.21. The lowest BCUT2D eigenvalue weighted by molar-refractivity contribution is -0.138. The van der Waals surface area contributed by atoms with Crippen LogP contribution in [0.25, 0.3) is 0 Å². The summed E-state index contributed by atoms with van der Waals surface area (Å²) in [6, 6.07) is 13.6. The first kappa shape index (κ1) is 19.0. The molecule has 0 bridgehead atoms. The Labute approximate surface area is 159 Å². The van der Waals surface area contributed by atoms with Crippen LogP contribution in [-0.4, -0.2) is 41.5 Å². The van der Waals surface area contributed by atoms with E-state index in [2.05, 4.69) is 0 Å². The maximum absolute atomic E-state index is 13.3. The van der Waals surface area contributed by atoms with E-state index in [1.165, 1.54) is 0 Å². The maximum atomic E-state index is 13.3. The highest BCUT2D eigenvalue weighted by molar-refractivity contribution is 5.80. The molecular formula is C21H26N2O4. The third-order valence-corrected chi connectivity index (χ3v) is 4.75. The van der Waals surface area contributed by atoms with Gasteiger partial charge in [-0.3, -0.25) is 4.79 Å². The Bertz CT molecular complexity index is 730. The number of benzene rings is 1. The largest absolute Gasteiger partial charge is 0.467 e. The standard InChI is InChI=1S/C21H26N2O4/c1-2-26-21(25)22-12-6-10-18(15-22)20(24)23(16-19-11-7-13-27-19)14-17-8-4-3-5-9-17/h3-5,7-9,11,13,18H,2,6,10,12,14-16H2,1H3. The second-order valence-electron chi connectivity index (χ2n) is 6.74. The first-order chi connectivity index (χ1) is 13.2. The van der Waals surface area contributed by atoms with Crippen molar-refractivity contribution in [3.05, 3.63) is 60.1 Å². The summed E-state index contributed by atoms with van der Waals surface area (Å²) in [4.78, 5) is 28.8. The number of carbonyl (C=O) groups excluding carboxylic acids is 2. The van der Waals surface area contributed by atoms with Crippen LogP contribution in [0.5, 0.6) is 0 Å². The number of piperidine rings is 1. The van der Waals surface area contributed by atoms with Crippen LogP contribution in [0, 0.1) is 5.92 Å². The van der Waals surface area contributed by atoms with Gasteiger partial charge in [0.25, 0.3) is 0 Å². The zero-order valence-electron chi connectivity index (χ0n) is 15.7. The fraction of sp³-hybridized carbons (Fsp3) is 0.429. The molecule has 1 aliphatic rings. The number of ether oxygens (including phenoxy) is 1. The monoisotopic (exact) mass is 370 g/mol. The predicted molar refractivity (Wildman–Crippen MR) is 101 cm³/mol. The molecule has 3 rings (SSSR count). The van der Waals surface area contributed by atoms with Crippen molar-refractivity contribution in [2.75, 3.05) is 19.7 Å². The van der Waals surface area contributed by atoms with E-state index in [1.54, 1.807) is 18.1 Å². The second-order valence-corrected chi connectivity index (χ2v) is 6.74. The molecule has 0 spiro atoms. The van der Waals surface area contributed by atoms with E-state index in [1.807, 2.05) is 47.4 Å². The van der Waals surface area contributed by atoms with Crippen LogP contribution >= 0.6 is 0 Å². The normalized spacial score (nSPS) is 16.8. The highest BCUT2D eigenvalue weighted by atomic mass is 16.6. The molecule has 6 heteroatoms. The highest BCUT2D eigenvalue weighted by Gasteiger charge is 2.32. The number of furan rings is 1. The van der Waals surface area contributed by atoms with Gasteiger partial charge in [-0.1, -0.05) is 30.3 Å². The summed E-state index contributed by atoms with van der Waals surface area (Å²) < 4.78 is 10.5. The van der Waals surface area contributed by atoms with E-state index < -0.39 is 0 Å². The first-order valence-corrected chi connectivity index (χ1v) is 9.44. The van der Waals surface area contributed by atoms with E-state index in [4.69, 9.17) is 9.15 Å². The number of rotatable bonds is 6. The first-order valence-electron chi connectivity index (χ1n) is 9.44. The minimum atomic E-state index is -0.337. The van der Waals surface area contributed by atoms with Crippen molar-refractivity contribution in [3.63, 3.8) is 0 Å². The predicted octanol–water partition coefficient (Wildman–Crippen LogP) is 3.68. The molecule has 1 fully saturated rings. The van der Waals surface area contributed by atoms with Crippen molar-refractivity contribution in [1.82, 2.24) is 9.80 Å². The Morgan fingerprint density at radius 1 is 1.19 bits per heavy atom. The van der Waals surface area contributed by atoms with Crippen LogP contribution in [0.15, 0.2) is 53.1 Å². The van der Waals surface area contributed by atoms with Crippen molar-refractivity contribution >= 4 is 12.0 Å². The van der Waals surface area contributed by atoms with Crippen molar-refractivity contribution in [1.29, 1.82) is 0 Å². The van der Waals surface area contributed by atoms with Crippen LogP contribution < -0.4 is 0 Å². The number of likely N-dealkylation sites (tertiary alicyclic amines) is 1. The van der Waals surface area contributed by atoms with Gasteiger partial charge in [0, 0.05) is 19.6 Å². The molecule has 144 valence electrons. The maximum Gasteiger partial charge on any atom is 0.409 e. The van der Waals surface area contributed by atoms with Gasteiger partial charge in [0.2, 0.25) is 5.91 Å². The summed E-state index contributed by atoms with van der Waals surface area (Å²) in [5.41, 5.74) is 1.07. The molecule has 1 atom stereocenters. The molecule has 0 aliphatic carbocycles. The molecule has 1 saturated heterocycles. The summed E-state index contributed by atoms with van der Waals surface area (Å²) in [5, 5.41) is 0. The number of amides is 2. The Balaban J connectivity index is 1.72. The van der Waals surface area contributed by atoms with Gasteiger partial charge in [-0.2, -0.15) is 0 Å². The van der Waals surface area contributed by atoms with E-state index in [9.17, 15) is 9.59 Å². The summed E-state index contributed by atoms with van der Waals surface area (Å²) in [7, 11) is 0. The average molecular weight is 370 g/mol. The van der Waals surface area contributed by atoms with Gasteiger partial charge >= 0.3 is 6.09 Å². The lowest BCUT2D eigenvalue weighted by Gasteiger charge is -2.34. The topological polar surface area (TPSA) is 63.0 Å². The summed E-state index contributed by atoms with van der Waals surface area (Å²) in [6.45, 7) is 4.09. The molecule has 0 saturated carbocycles. The molecule has 0 N–H and O–H groups in total. The number of carbonyl (C=O) groups is 2. The quantitative estimate of drug-likeness (QED) is 0.778. The third kappa shape index (κ3) is 5.12. The lowest BCUT2D eigenvalue weighted by Crippen LogP contribution is -2.46. The third-order valence-electron chi connectivity index (χ3n) is 4.75. The lowest BCUT2D eigenvalue weighted by atomic mass is 9.96. The van der Waals surface area contributed by atoms with Gasteiger partial charge in [0.1, 0.15) is 5.76 Å². The van der Waals surface area contributed by atoms with Gasteiger partial charge in [-0.15, -0.1) is 0 Å². The van der Waals surface area contributed by atoms with Crippen LogP contribution in [0.2, 0.25) is 0 Å². The molecule has 1 unspecified atom stereocenters. The van der Waals surface area contributed by atoms with Gasteiger partial charge in [-0.05, 0) is 37.5 Å². The van der Waals surface area contributed by atoms with Gasteiger partial charge < -0.3 is 19.0 Å². The van der Waals surface area contributed by atoms with Crippen LogP contribution in [0.4, 0.5) is 4.79 Å². The molecule has 2 aromatic rings. The molecule has 1 aliphatic heterocycles. The molecular weight excluding hydrogens is 344 g/mol. The van der Waals surface area contributed by atoms with Gasteiger partial charge in [0.05, 0.1) is 25.3 Å². The van der Waals surface area contributed by atoms with Gasteiger partial charge in [0.15, 0.2) is 0 Å². The Morgan fingerprint density at radius 2 is 2.00 bits per heavy atom. The Hall–Kier alpha value is -2.76. The van der Waals surface area contributed by atoms with Crippen LogP contribution in [-0.2, 0) is 22.6 Å². The van der Waals surface area contributed by atoms with E-state index in [-0.39, 0.29) is 17.9 Å². The number of hydrogen-bond acceptors (Lipinski definition) is 4. The number of hydrogen-bond donors (Lipinski definition) is 0. The van der Waals surface area contributed by atoms with Crippen molar-refractivity contribution in [3.8, 4) is 0 Å². The molecule has 0 radical (unpaired) electrons. The molecule has 2 heterocycles. The van der Waals surface area contributed by atoms with Crippen LogP contribution in [0.1, 0.15) is 31.1 Å². The van der Waals surface area contributed by atoms with E-state index in [0.717, 1.165) is 24.2 Å². The molecule has 6 nitrogen and oxygen atoms in total. The summed E-state index contributed by atoms with van der Waals surface area (Å²) in [6.07, 6.45) is 2.85. The molecule has 1 aromatic heterocycles. The Morgan fingerprint density at radius 3 is 2.70 bits per heavy atom. The van der Waals surface area contributed by atoms with Crippen molar-refractivity contribution < 1.29 is 18.7 Å². The summed E-state index contributed by atoms with van der Waals surface area (Å²) in [5.74, 6) is 0.573. The smallest absolute Gasteiger partial charge is 0.409 e. The van der Waals surface area contributed by atoms with Crippen molar-refractivity contribution in [2.24, 2.45) is 5.92 Å². The van der Waals surface area contributed by atoms with E-state index in [0.29, 0.717) is 32.8 Å². The SMILES string of the molecule is CCOC(=O)N1CCCC(C(=O)N(Cc2ccccc2)Cc2ccco2)C1. The second kappa shape index (κ2) is 9.26. The van der Waals surface area contributed by atoms with Gasteiger partial charge in [-0.25, -0.2) is 4.79 Å².